The van der Waals surface area contributed by atoms with E-state index in [0.717, 1.165) is 18.0 Å². The maximum Gasteiger partial charge on any atom is 0.111 e. The van der Waals surface area contributed by atoms with Gasteiger partial charge in [0.15, 0.2) is 0 Å². The van der Waals surface area contributed by atoms with E-state index in [1.807, 2.05) is 11.3 Å². The van der Waals surface area contributed by atoms with E-state index >= 15 is 0 Å². The van der Waals surface area contributed by atoms with Gasteiger partial charge >= 0.3 is 0 Å². The fourth-order valence-corrected chi connectivity index (χ4v) is 4.53. The van der Waals surface area contributed by atoms with Crippen LogP contribution in [-0.2, 0) is 0 Å². The quantitative estimate of drug-likeness (QED) is 0.923. The Bertz CT molecular complexity index is 484. The van der Waals surface area contributed by atoms with E-state index in [2.05, 4.69) is 48.3 Å². The van der Waals surface area contributed by atoms with E-state index in [-0.39, 0.29) is 0 Å². The van der Waals surface area contributed by atoms with Crippen molar-refractivity contribution >= 4 is 33.3 Å². The summed E-state index contributed by atoms with van der Waals surface area (Å²) in [7, 11) is 0. The molecule has 1 fully saturated rings. The van der Waals surface area contributed by atoms with Crippen molar-refractivity contribution in [1.29, 1.82) is 0 Å². The van der Waals surface area contributed by atoms with Crippen molar-refractivity contribution in [3.8, 4) is 0 Å². The minimum Gasteiger partial charge on any atom is -0.308 e. The molecule has 2 unspecified atom stereocenters. The Balaban J connectivity index is 1.65. The number of nitrogens with one attached hydrogen (secondary N) is 1. The third-order valence-electron chi connectivity index (χ3n) is 3.42. The lowest BCUT2D eigenvalue weighted by Crippen LogP contribution is -2.25. The van der Waals surface area contributed by atoms with Gasteiger partial charge in [-0.15, -0.1) is 11.3 Å². The van der Waals surface area contributed by atoms with Gasteiger partial charge < -0.3 is 5.32 Å². The van der Waals surface area contributed by atoms with Gasteiger partial charge in [0.05, 0.1) is 16.3 Å². The van der Waals surface area contributed by atoms with Crippen molar-refractivity contribution in [1.82, 2.24) is 10.3 Å². The van der Waals surface area contributed by atoms with E-state index in [1.54, 1.807) is 0 Å². The molecule has 2 nitrogen and oxygen atoms in total. The van der Waals surface area contributed by atoms with E-state index in [0.29, 0.717) is 6.04 Å². The molecule has 0 spiro atoms. The molecule has 18 heavy (non-hydrogen) atoms. The second-order valence-electron chi connectivity index (χ2n) is 4.88. The molecular formula is C14H18N2S2. The molecule has 2 atom stereocenters. The van der Waals surface area contributed by atoms with Crippen molar-refractivity contribution < 1.29 is 0 Å². The lowest BCUT2D eigenvalue weighted by molar-refractivity contribution is 0.477. The Kier molecular flexibility index (Phi) is 3.87. The first kappa shape index (κ1) is 12.5. The normalized spacial score (nSPS) is 21.5. The van der Waals surface area contributed by atoms with Crippen LogP contribution in [0, 0.1) is 5.92 Å². The summed E-state index contributed by atoms with van der Waals surface area (Å²) in [6.07, 6.45) is 1.37. The zero-order valence-electron chi connectivity index (χ0n) is 10.6. The molecule has 0 aliphatic carbocycles. The number of aromatic nitrogens is 1. The van der Waals surface area contributed by atoms with Crippen LogP contribution in [0.15, 0.2) is 24.3 Å². The Morgan fingerprint density at radius 2 is 2.33 bits per heavy atom. The summed E-state index contributed by atoms with van der Waals surface area (Å²) in [6.45, 7) is 3.35. The SMILES string of the molecule is CC(NCC1CCSC1)c1nc2ccccc2s1. The monoisotopic (exact) mass is 278 g/mol. The minimum atomic E-state index is 0.369. The lowest BCUT2D eigenvalue weighted by atomic mass is 10.1. The zero-order chi connectivity index (χ0) is 12.4. The van der Waals surface area contributed by atoms with Gasteiger partial charge in [-0.05, 0) is 49.4 Å². The predicted octanol–water partition coefficient (Wildman–Crippen LogP) is 3.70. The van der Waals surface area contributed by atoms with E-state index in [1.165, 1.54) is 27.6 Å². The fraction of sp³-hybridized carbons (Fsp3) is 0.500. The van der Waals surface area contributed by atoms with E-state index in [9.17, 15) is 0 Å². The largest absolute Gasteiger partial charge is 0.308 e. The summed E-state index contributed by atoms with van der Waals surface area (Å²) in [5.74, 6) is 3.51. The summed E-state index contributed by atoms with van der Waals surface area (Å²) in [4.78, 5) is 4.71. The van der Waals surface area contributed by atoms with Gasteiger partial charge in [-0.25, -0.2) is 4.98 Å². The standard InChI is InChI=1S/C14H18N2S2/c1-10(15-8-11-6-7-17-9-11)14-16-12-4-2-3-5-13(12)18-14/h2-5,10-11,15H,6-9H2,1H3. The third-order valence-corrected chi connectivity index (χ3v) is 5.87. The lowest BCUT2D eigenvalue weighted by Gasteiger charge is -2.14. The average molecular weight is 278 g/mol. The molecule has 0 amide bonds. The van der Waals surface area contributed by atoms with Crippen molar-refractivity contribution in [3.05, 3.63) is 29.3 Å². The zero-order valence-corrected chi connectivity index (χ0v) is 12.2. The van der Waals surface area contributed by atoms with Crippen LogP contribution in [0.4, 0.5) is 0 Å². The van der Waals surface area contributed by atoms with Crippen LogP contribution in [0.3, 0.4) is 0 Å². The molecule has 0 bridgehead atoms. The molecule has 1 aliphatic heterocycles. The van der Waals surface area contributed by atoms with Crippen molar-refractivity contribution in [3.63, 3.8) is 0 Å². The fourth-order valence-electron chi connectivity index (χ4n) is 2.25. The van der Waals surface area contributed by atoms with E-state index < -0.39 is 0 Å². The highest BCUT2D eigenvalue weighted by Crippen LogP contribution is 2.27. The van der Waals surface area contributed by atoms with Crippen LogP contribution < -0.4 is 5.32 Å². The third kappa shape index (κ3) is 2.71. The van der Waals surface area contributed by atoms with Crippen LogP contribution in [0.2, 0.25) is 0 Å². The molecular weight excluding hydrogens is 260 g/mol. The first-order valence-corrected chi connectivity index (χ1v) is 8.46. The van der Waals surface area contributed by atoms with Gasteiger partial charge in [-0.3, -0.25) is 0 Å². The number of fused-ring (bicyclic) bond motifs is 1. The number of benzene rings is 1. The van der Waals surface area contributed by atoms with Crippen molar-refractivity contribution in [2.45, 2.75) is 19.4 Å². The molecule has 1 aliphatic rings. The summed E-state index contributed by atoms with van der Waals surface area (Å²) in [5.41, 5.74) is 1.13. The number of hydrogen-bond acceptors (Lipinski definition) is 4. The van der Waals surface area contributed by atoms with Crippen molar-refractivity contribution in [2.24, 2.45) is 5.92 Å². The highest BCUT2D eigenvalue weighted by molar-refractivity contribution is 7.99. The topological polar surface area (TPSA) is 24.9 Å². The van der Waals surface area contributed by atoms with Gasteiger partial charge in [0.25, 0.3) is 0 Å². The Morgan fingerprint density at radius 3 is 3.11 bits per heavy atom. The molecule has 96 valence electrons. The molecule has 2 aromatic rings. The van der Waals surface area contributed by atoms with Gasteiger partial charge in [-0.1, -0.05) is 12.1 Å². The van der Waals surface area contributed by atoms with Crippen LogP contribution in [0.1, 0.15) is 24.4 Å². The van der Waals surface area contributed by atoms with Crippen molar-refractivity contribution in [2.75, 3.05) is 18.1 Å². The highest BCUT2D eigenvalue weighted by Gasteiger charge is 2.17. The minimum absolute atomic E-state index is 0.369. The van der Waals surface area contributed by atoms with Gasteiger partial charge in [0.2, 0.25) is 0 Å². The number of para-hydroxylation sites is 1. The number of rotatable bonds is 4. The maximum absolute atomic E-state index is 4.71. The molecule has 0 radical (unpaired) electrons. The number of nitrogens with zero attached hydrogens (tertiary/aromatic N) is 1. The first-order chi connectivity index (χ1) is 8.83. The number of hydrogen-bond donors (Lipinski definition) is 1. The molecule has 1 aromatic carbocycles. The summed E-state index contributed by atoms with van der Waals surface area (Å²) in [6, 6.07) is 8.75. The number of thiazole rings is 1. The predicted molar refractivity (Wildman–Crippen MR) is 81.5 cm³/mol. The average Bonchev–Trinajstić information content (AvgIpc) is 3.04. The van der Waals surface area contributed by atoms with Gasteiger partial charge in [-0.2, -0.15) is 11.8 Å². The summed E-state index contributed by atoms with van der Waals surface area (Å²) >= 11 is 3.89. The van der Waals surface area contributed by atoms with E-state index in [4.69, 9.17) is 4.98 Å². The Hall–Kier alpha value is -0.580. The first-order valence-electron chi connectivity index (χ1n) is 6.49. The van der Waals surface area contributed by atoms with Gasteiger partial charge in [0, 0.05) is 0 Å². The molecule has 3 rings (SSSR count). The molecule has 1 aromatic heterocycles. The maximum atomic E-state index is 4.71. The molecule has 4 heteroatoms. The molecule has 2 heterocycles. The second-order valence-corrected chi connectivity index (χ2v) is 7.09. The van der Waals surface area contributed by atoms with Gasteiger partial charge in [0.1, 0.15) is 5.01 Å². The smallest absolute Gasteiger partial charge is 0.111 e. The molecule has 0 saturated carbocycles. The molecule has 1 N–H and O–H groups in total. The Morgan fingerprint density at radius 1 is 1.44 bits per heavy atom. The highest BCUT2D eigenvalue weighted by atomic mass is 32.2. The van der Waals surface area contributed by atoms with Crippen LogP contribution in [0.25, 0.3) is 10.2 Å². The van der Waals surface area contributed by atoms with Crippen LogP contribution in [-0.4, -0.2) is 23.0 Å². The molecule has 1 saturated heterocycles. The second kappa shape index (κ2) is 5.59. The van der Waals surface area contributed by atoms with Crippen LogP contribution >= 0.6 is 23.1 Å². The summed E-state index contributed by atoms with van der Waals surface area (Å²) in [5, 5.41) is 4.85. The number of thioether (sulfide) groups is 1. The Labute approximate surface area is 116 Å². The summed E-state index contributed by atoms with van der Waals surface area (Å²) < 4.78 is 1.29. The van der Waals surface area contributed by atoms with Crippen LogP contribution in [0.5, 0.6) is 0 Å².